The Balaban J connectivity index is 2.11. The number of benzene rings is 2. The minimum atomic E-state index is -0.338. The molecule has 0 fully saturated rings. The zero-order valence-corrected chi connectivity index (χ0v) is 13.5. The molecule has 0 N–H and O–H groups in total. The van der Waals surface area contributed by atoms with Crippen molar-refractivity contribution in [2.45, 2.75) is 33.7 Å². The molecule has 0 saturated heterocycles. The number of aryl methyl sites for hydroxylation is 1. The third-order valence-corrected chi connectivity index (χ3v) is 3.39. The second-order valence-electron chi connectivity index (χ2n) is 5.04. The van der Waals surface area contributed by atoms with Gasteiger partial charge < -0.3 is 14.2 Å². The Kier molecular flexibility index (Phi) is 6.44. The summed E-state index contributed by atoms with van der Waals surface area (Å²) in [4.78, 5) is 0. The molecule has 2 rings (SSSR count). The van der Waals surface area contributed by atoms with Crippen LogP contribution in [0.5, 0.6) is 5.75 Å². The van der Waals surface area contributed by atoms with Crippen molar-refractivity contribution < 1.29 is 14.2 Å². The first-order valence-corrected chi connectivity index (χ1v) is 7.75. The molecule has 0 aliphatic heterocycles. The Morgan fingerprint density at radius 1 is 0.909 bits per heavy atom. The van der Waals surface area contributed by atoms with Crippen molar-refractivity contribution in [1.82, 2.24) is 0 Å². The fraction of sp³-hybridized carbons (Fsp3) is 0.368. The first-order valence-electron chi connectivity index (χ1n) is 7.75. The Morgan fingerprint density at radius 2 is 1.59 bits per heavy atom. The van der Waals surface area contributed by atoms with Gasteiger partial charge in [0, 0.05) is 18.8 Å². The quantitative estimate of drug-likeness (QED) is 0.664. The largest absolute Gasteiger partial charge is 0.489 e. The van der Waals surface area contributed by atoms with Gasteiger partial charge in [-0.3, -0.25) is 0 Å². The number of hydrogen-bond acceptors (Lipinski definition) is 3. The topological polar surface area (TPSA) is 27.7 Å². The molecule has 3 nitrogen and oxygen atoms in total. The highest BCUT2D eigenvalue weighted by Crippen LogP contribution is 2.27. The molecule has 3 heteroatoms. The average Bonchev–Trinajstić information content (AvgIpc) is 2.55. The zero-order valence-electron chi connectivity index (χ0n) is 13.5. The molecule has 0 radical (unpaired) electrons. The van der Waals surface area contributed by atoms with Crippen LogP contribution in [0.15, 0.2) is 48.5 Å². The highest BCUT2D eigenvalue weighted by Gasteiger charge is 2.15. The number of ether oxygens (including phenoxy) is 3. The molecule has 0 bridgehead atoms. The van der Waals surface area contributed by atoms with Gasteiger partial charge in [0.2, 0.25) is 0 Å². The van der Waals surface area contributed by atoms with Crippen LogP contribution in [0, 0.1) is 6.92 Å². The molecule has 22 heavy (non-hydrogen) atoms. The molecule has 0 unspecified atom stereocenters. The van der Waals surface area contributed by atoms with Crippen LogP contribution in [-0.2, 0) is 16.1 Å². The van der Waals surface area contributed by atoms with E-state index < -0.39 is 0 Å². The second-order valence-corrected chi connectivity index (χ2v) is 5.04. The van der Waals surface area contributed by atoms with Crippen LogP contribution in [0.2, 0.25) is 0 Å². The lowest BCUT2D eigenvalue weighted by atomic mass is 10.1. The van der Waals surface area contributed by atoms with E-state index in [-0.39, 0.29) is 6.29 Å². The van der Waals surface area contributed by atoms with Gasteiger partial charge in [-0.2, -0.15) is 0 Å². The molecule has 0 atom stereocenters. The molecule has 0 heterocycles. The van der Waals surface area contributed by atoms with Gasteiger partial charge in [0.05, 0.1) is 0 Å². The van der Waals surface area contributed by atoms with Gasteiger partial charge >= 0.3 is 0 Å². The van der Waals surface area contributed by atoms with E-state index in [2.05, 4.69) is 19.1 Å². The van der Waals surface area contributed by atoms with Crippen LogP contribution in [0.3, 0.4) is 0 Å². The molecule has 0 spiro atoms. The summed E-state index contributed by atoms with van der Waals surface area (Å²) in [6.07, 6.45) is -0.338. The monoisotopic (exact) mass is 300 g/mol. The first kappa shape index (κ1) is 16.5. The molecule has 0 amide bonds. The molecule has 2 aromatic carbocycles. The summed E-state index contributed by atoms with van der Waals surface area (Å²) >= 11 is 0. The SMILES string of the molecule is CCOC(OCC)c1cc(OCc2ccccc2)ccc1C. The summed E-state index contributed by atoms with van der Waals surface area (Å²) in [5.74, 6) is 0.828. The highest BCUT2D eigenvalue weighted by atomic mass is 16.7. The van der Waals surface area contributed by atoms with Crippen LogP contribution in [0.4, 0.5) is 0 Å². The van der Waals surface area contributed by atoms with Crippen molar-refractivity contribution in [3.8, 4) is 5.75 Å². The maximum Gasteiger partial charge on any atom is 0.184 e. The number of hydrogen-bond donors (Lipinski definition) is 0. The lowest BCUT2D eigenvalue weighted by Gasteiger charge is -2.20. The molecular formula is C19H24O3. The highest BCUT2D eigenvalue weighted by molar-refractivity contribution is 5.36. The van der Waals surface area contributed by atoms with Gasteiger partial charge in [0.25, 0.3) is 0 Å². The molecule has 0 aromatic heterocycles. The van der Waals surface area contributed by atoms with Gasteiger partial charge in [0.15, 0.2) is 6.29 Å². The minimum Gasteiger partial charge on any atom is -0.489 e. The Bertz CT molecular complexity index is 560. The molecule has 118 valence electrons. The molecular weight excluding hydrogens is 276 g/mol. The van der Waals surface area contributed by atoms with E-state index in [9.17, 15) is 0 Å². The number of rotatable bonds is 8. The fourth-order valence-electron chi connectivity index (χ4n) is 2.23. The summed E-state index contributed by atoms with van der Waals surface area (Å²) in [6, 6.07) is 16.2. The normalized spacial score (nSPS) is 10.9. The summed E-state index contributed by atoms with van der Waals surface area (Å²) < 4.78 is 17.3. The Hall–Kier alpha value is -1.84. The van der Waals surface area contributed by atoms with E-state index in [1.54, 1.807) is 0 Å². The van der Waals surface area contributed by atoms with E-state index in [0.717, 1.165) is 22.4 Å². The molecule has 0 aliphatic rings. The van der Waals surface area contributed by atoms with Gasteiger partial charge in [-0.1, -0.05) is 36.4 Å². The smallest absolute Gasteiger partial charge is 0.184 e. The second kappa shape index (κ2) is 8.57. The van der Waals surface area contributed by atoms with E-state index in [1.807, 2.05) is 50.2 Å². The molecule has 2 aromatic rings. The standard InChI is InChI=1S/C19H24O3/c1-4-20-19(21-5-2)18-13-17(12-11-15(18)3)22-14-16-9-7-6-8-10-16/h6-13,19H,4-5,14H2,1-3H3. The zero-order chi connectivity index (χ0) is 15.8. The average molecular weight is 300 g/mol. The van der Waals surface area contributed by atoms with Crippen LogP contribution < -0.4 is 4.74 Å². The predicted molar refractivity (Wildman–Crippen MR) is 87.9 cm³/mol. The van der Waals surface area contributed by atoms with Crippen molar-refractivity contribution in [3.63, 3.8) is 0 Å². The molecule has 0 aliphatic carbocycles. The van der Waals surface area contributed by atoms with Crippen LogP contribution >= 0.6 is 0 Å². The Morgan fingerprint density at radius 3 is 2.23 bits per heavy atom. The summed E-state index contributed by atoms with van der Waals surface area (Å²) in [7, 11) is 0. The minimum absolute atomic E-state index is 0.338. The third kappa shape index (κ3) is 4.58. The van der Waals surface area contributed by atoms with Crippen molar-refractivity contribution in [3.05, 3.63) is 65.2 Å². The summed E-state index contributed by atoms with van der Waals surface area (Å²) in [5.41, 5.74) is 3.31. The van der Waals surface area contributed by atoms with E-state index in [0.29, 0.717) is 19.8 Å². The lowest BCUT2D eigenvalue weighted by molar-refractivity contribution is -0.140. The van der Waals surface area contributed by atoms with E-state index >= 15 is 0 Å². The van der Waals surface area contributed by atoms with Crippen LogP contribution in [0.25, 0.3) is 0 Å². The maximum absolute atomic E-state index is 5.88. The lowest BCUT2D eigenvalue weighted by Crippen LogP contribution is -2.10. The van der Waals surface area contributed by atoms with Crippen molar-refractivity contribution in [1.29, 1.82) is 0 Å². The summed E-state index contributed by atoms with van der Waals surface area (Å²) in [6.45, 7) is 7.77. The van der Waals surface area contributed by atoms with Crippen molar-refractivity contribution in [2.24, 2.45) is 0 Å². The van der Waals surface area contributed by atoms with Crippen LogP contribution in [0.1, 0.15) is 36.8 Å². The molecule has 0 saturated carbocycles. The summed E-state index contributed by atoms with van der Waals surface area (Å²) in [5, 5.41) is 0. The maximum atomic E-state index is 5.88. The van der Waals surface area contributed by atoms with Gasteiger partial charge in [-0.05, 0) is 44.0 Å². The van der Waals surface area contributed by atoms with Crippen molar-refractivity contribution >= 4 is 0 Å². The van der Waals surface area contributed by atoms with E-state index in [4.69, 9.17) is 14.2 Å². The van der Waals surface area contributed by atoms with Crippen molar-refractivity contribution in [2.75, 3.05) is 13.2 Å². The van der Waals surface area contributed by atoms with E-state index in [1.165, 1.54) is 0 Å². The predicted octanol–water partition coefficient (Wildman–Crippen LogP) is 4.65. The first-order chi connectivity index (χ1) is 10.7. The van der Waals surface area contributed by atoms with Gasteiger partial charge in [0.1, 0.15) is 12.4 Å². The Labute approximate surface area is 132 Å². The third-order valence-electron chi connectivity index (χ3n) is 3.39. The fourth-order valence-corrected chi connectivity index (χ4v) is 2.23. The van der Waals surface area contributed by atoms with Crippen LogP contribution in [-0.4, -0.2) is 13.2 Å². The van der Waals surface area contributed by atoms with Gasteiger partial charge in [-0.15, -0.1) is 0 Å². The van der Waals surface area contributed by atoms with Gasteiger partial charge in [-0.25, -0.2) is 0 Å².